The summed E-state index contributed by atoms with van der Waals surface area (Å²) in [5, 5.41) is 11.9. The van der Waals surface area contributed by atoms with Crippen molar-refractivity contribution in [2.75, 3.05) is 14.2 Å². The molecule has 0 fully saturated rings. The van der Waals surface area contributed by atoms with Crippen molar-refractivity contribution < 1.29 is 19.4 Å². The van der Waals surface area contributed by atoms with Gasteiger partial charge in [-0.1, -0.05) is 26.0 Å². The van der Waals surface area contributed by atoms with Gasteiger partial charge >= 0.3 is 6.09 Å². The molecule has 3 rings (SSSR count). The largest absolute Gasteiger partial charge is 0.497 e. The number of ether oxygens (including phenoxy) is 2. The van der Waals surface area contributed by atoms with E-state index in [1.165, 1.54) is 0 Å². The Kier molecular flexibility index (Phi) is 4.33. The lowest BCUT2D eigenvalue weighted by molar-refractivity contribution is 0.175. The number of amides is 1. The first-order valence-electron chi connectivity index (χ1n) is 8.20. The van der Waals surface area contributed by atoms with Gasteiger partial charge in [-0.3, -0.25) is 0 Å². The van der Waals surface area contributed by atoms with Gasteiger partial charge in [-0.25, -0.2) is 4.79 Å². The SMILES string of the molecule is COc1cccc(-c2cc3c(cc2OC)C(NC(=O)O)C(C)(C)C3)c1. The van der Waals surface area contributed by atoms with Crippen LogP contribution in [0.5, 0.6) is 11.5 Å². The molecule has 1 unspecified atom stereocenters. The Morgan fingerprint density at radius 3 is 2.60 bits per heavy atom. The molecule has 0 bridgehead atoms. The van der Waals surface area contributed by atoms with Crippen molar-refractivity contribution in [2.45, 2.75) is 26.3 Å². The van der Waals surface area contributed by atoms with Gasteiger partial charge < -0.3 is 19.9 Å². The molecule has 1 atom stereocenters. The van der Waals surface area contributed by atoms with Gasteiger partial charge in [-0.05, 0) is 52.8 Å². The van der Waals surface area contributed by atoms with E-state index < -0.39 is 6.09 Å². The number of methoxy groups -OCH3 is 2. The molecule has 1 amide bonds. The molecule has 2 N–H and O–H groups in total. The van der Waals surface area contributed by atoms with Crippen LogP contribution >= 0.6 is 0 Å². The molecule has 5 heteroatoms. The summed E-state index contributed by atoms with van der Waals surface area (Å²) in [5.74, 6) is 1.51. The topological polar surface area (TPSA) is 67.8 Å². The first kappa shape index (κ1) is 17.1. The van der Waals surface area contributed by atoms with Crippen molar-refractivity contribution in [3.8, 4) is 22.6 Å². The van der Waals surface area contributed by atoms with Crippen molar-refractivity contribution in [3.63, 3.8) is 0 Å². The highest BCUT2D eigenvalue weighted by atomic mass is 16.5. The van der Waals surface area contributed by atoms with E-state index in [0.29, 0.717) is 0 Å². The van der Waals surface area contributed by atoms with E-state index in [0.717, 1.165) is 40.2 Å². The third kappa shape index (κ3) is 3.14. The lowest BCUT2D eigenvalue weighted by Gasteiger charge is -2.27. The molecule has 0 spiro atoms. The maximum absolute atomic E-state index is 11.2. The Balaban J connectivity index is 2.11. The highest BCUT2D eigenvalue weighted by molar-refractivity contribution is 5.74. The quantitative estimate of drug-likeness (QED) is 0.872. The van der Waals surface area contributed by atoms with Crippen LogP contribution in [0.15, 0.2) is 36.4 Å². The number of nitrogens with one attached hydrogen (secondary N) is 1. The number of rotatable bonds is 4. The number of carboxylic acid groups (broad SMARTS) is 1. The molecule has 1 aliphatic rings. The van der Waals surface area contributed by atoms with Crippen LogP contribution in [0.4, 0.5) is 4.79 Å². The van der Waals surface area contributed by atoms with Gasteiger partial charge in [0.15, 0.2) is 0 Å². The lowest BCUT2D eigenvalue weighted by Crippen LogP contribution is -2.34. The minimum Gasteiger partial charge on any atom is -0.497 e. The summed E-state index contributed by atoms with van der Waals surface area (Å²) < 4.78 is 10.9. The lowest BCUT2D eigenvalue weighted by atomic mass is 9.85. The summed E-state index contributed by atoms with van der Waals surface area (Å²) in [6.07, 6.45) is -0.212. The van der Waals surface area contributed by atoms with Crippen molar-refractivity contribution in [3.05, 3.63) is 47.5 Å². The second-order valence-corrected chi connectivity index (χ2v) is 7.03. The van der Waals surface area contributed by atoms with Gasteiger partial charge in [0.25, 0.3) is 0 Å². The molecule has 0 aromatic heterocycles. The van der Waals surface area contributed by atoms with Crippen LogP contribution in [-0.4, -0.2) is 25.4 Å². The van der Waals surface area contributed by atoms with Gasteiger partial charge in [0.1, 0.15) is 11.5 Å². The number of hydrogen-bond acceptors (Lipinski definition) is 3. The van der Waals surface area contributed by atoms with E-state index in [2.05, 4.69) is 25.2 Å². The molecule has 0 heterocycles. The third-order valence-electron chi connectivity index (χ3n) is 4.85. The summed E-state index contributed by atoms with van der Waals surface area (Å²) in [5.41, 5.74) is 3.91. The zero-order chi connectivity index (χ0) is 18.2. The number of fused-ring (bicyclic) bond motifs is 1. The highest BCUT2D eigenvalue weighted by Gasteiger charge is 2.40. The molecule has 0 saturated heterocycles. The smallest absolute Gasteiger partial charge is 0.405 e. The van der Waals surface area contributed by atoms with Crippen LogP contribution in [0.25, 0.3) is 11.1 Å². The summed E-state index contributed by atoms with van der Waals surface area (Å²) in [6, 6.07) is 11.6. The zero-order valence-electron chi connectivity index (χ0n) is 14.9. The summed E-state index contributed by atoms with van der Waals surface area (Å²) in [6.45, 7) is 4.15. The van der Waals surface area contributed by atoms with Crippen LogP contribution in [0.1, 0.15) is 31.0 Å². The number of hydrogen-bond donors (Lipinski definition) is 2. The van der Waals surface area contributed by atoms with E-state index in [-0.39, 0.29) is 11.5 Å². The van der Waals surface area contributed by atoms with E-state index >= 15 is 0 Å². The fourth-order valence-corrected chi connectivity index (χ4v) is 3.66. The Hall–Kier alpha value is -2.69. The molecule has 0 saturated carbocycles. The molecule has 25 heavy (non-hydrogen) atoms. The van der Waals surface area contributed by atoms with Crippen LogP contribution in [-0.2, 0) is 6.42 Å². The second-order valence-electron chi connectivity index (χ2n) is 7.03. The monoisotopic (exact) mass is 341 g/mol. The molecule has 132 valence electrons. The first-order valence-corrected chi connectivity index (χ1v) is 8.20. The van der Waals surface area contributed by atoms with Crippen molar-refractivity contribution >= 4 is 6.09 Å². The minimum absolute atomic E-state index is 0.196. The maximum Gasteiger partial charge on any atom is 0.405 e. The summed E-state index contributed by atoms with van der Waals surface area (Å²) in [4.78, 5) is 11.2. The standard InChI is InChI=1S/C20H23NO4/c1-20(2)11-13-9-15(12-6-5-7-14(8-12)24-3)17(25-4)10-16(13)18(20)21-19(22)23/h5-10,18,21H,11H2,1-4H3,(H,22,23). The average molecular weight is 341 g/mol. The van der Waals surface area contributed by atoms with E-state index in [1.807, 2.05) is 30.3 Å². The van der Waals surface area contributed by atoms with Gasteiger partial charge in [0.2, 0.25) is 0 Å². The predicted octanol–water partition coefficient (Wildman–Crippen LogP) is 4.26. The molecule has 2 aromatic rings. The van der Waals surface area contributed by atoms with Crippen molar-refractivity contribution in [1.82, 2.24) is 5.32 Å². The minimum atomic E-state index is -1.01. The molecule has 1 aliphatic carbocycles. The Morgan fingerprint density at radius 2 is 1.96 bits per heavy atom. The summed E-state index contributed by atoms with van der Waals surface area (Å²) in [7, 11) is 3.27. The Morgan fingerprint density at radius 1 is 1.20 bits per heavy atom. The van der Waals surface area contributed by atoms with Gasteiger partial charge in [-0.15, -0.1) is 0 Å². The maximum atomic E-state index is 11.2. The molecule has 0 aliphatic heterocycles. The Bertz CT molecular complexity index is 813. The van der Waals surface area contributed by atoms with Gasteiger partial charge in [-0.2, -0.15) is 0 Å². The van der Waals surface area contributed by atoms with Gasteiger partial charge in [0, 0.05) is 5.56 Å². The van der Waals surface area contributed by atoms with Crippen molar-refractivity contribution in [2.24, 2.45) is 5.41 Å². The average Bonchev–Trinajstić information content (AvgIpc) is 2.82. The molecule has 0 radical (unpaired) electrons. The fourth-order valence-electron chi connectivity index (χ4n) is 3.66. The molecular weight excluding hydrogens is 318 g/mol. The van der Waals surface area contributed by atoms with Gasteiger partial charge in [0.05, 0.1) is 20.3 Å². The summed E-state index contributed by atoms with van der Waals surface area (Å²) >= 11 is 0. The van der Waals surface area contributed by atoms with Crippen molar-refractivity contribution in [1.29, 1.82) is 0 Å². The van der Waals surface area contributed by atoms with Crippen LogP contribution in [0, 0.1) is 5.41 Å². The Labute approximate surface area is 147 Å². The van der Waals surface area contributed by atoms with Crippen LogP contribution in [0.2, 0.25) is 0 Å². The second kappa shape index (κ2) is 6.31. The molecule has 5 nitrogen and oxygen atoms in total. The normalized spacial score (nSPS) is 17.7. The fraction of sp³-hybridized carbons (Fsp3) is 0.350. The van der Waals surface area contributed by atoms with E-state index in [1.54, 1.807) is 14.2 Å². The van der Waals surface area contributed by atoms with Crippen LogP contribution < -0.4 is 14.8 Å². The van der Waals surface area contributed by atoms with E-state index in [4.69, 9.17) is 9.47 Å². The van der Waals surface area contributed by atoms with Crippen LogP contribution in [0.3, 0.4) is 0 Å². The molecular formula is C20H23NO4. The highest BCUT2D eigenvalue weighted by Crippen LogP contribution is 2.48. The van der Waals surface area contributed by atoms with E-state index in [9.17, 15) is 9.90 Å². The first-order chi connectivity index (χ1) is 11.9. The number of benzene rings is 2. The third-order valence-corrected chi connectivity index (χ3v) is 4.85. The zero-order valence-corrected chi connectivity index (χ0v) is 14.9. The predicted molar refractivity (Wildman–Crippen MR) is 96.4 cm³/mol. The molecule has 2 aromatic carbocycles. The number of carbonyl (C=O) groups is 1.